The zero-order valence-electron chi connectivity index (χ0n) is 14.2. The van der Waals surface area contributed by atoms with E-state index in [-0.39, 0.29) is 5.91 Å². The van der Waals surface area contributed by atoms with Crippen LogP contribution in [-0.2, 0) is 16.1 Å². The van der Waals surface area contributed by atoms with Gasteiger partial charge in [-0.25, -0.2) is 4.79 Å². The SMILES string of the molecule is C[C@H](OC(=O)c1c[nH]c2ccccc12)C(=O)N(C)Cc1ccccc1. The summed E-state index contributed by atoms with van der Waals surface area (Å²) in [5.41, 5.74) is 2.31. The summed E-state index contributed by atoms with van der Waals surface area (Å²) in [6.07, 6.45) is 0.757. The monoisotopic (exact) mass is 336 g/mol. The second-order valence-corrected chi connectivity index (χ2v) is 5.98. The summed E-state index contributed by atoms with van der Waals surface area (Å²) in [5.74, 6) is -0.747. The molecular formula is C20H20N2O3. The molecule has 0 saturated carbocycles. The third kappa shape index (κ3) is 3.71. The molecule has 0 saturated heterocycles. The van der Waals surface area contributed by atoms with Crippen LogP contribution in [0.15, 0.2) is 60.8 Å². The number of carbonyl (C=O) groups is 2. The van der Waals surface area contributed by atoms with Crippen molar-refractivity contribution in [2.75, 3.05) is 7.05 Å². The summed E-state index contributed by atoms with van der Waals surface area (Å²) in [6, 6.07) is 17.1. The van der Waals surface area contributed by atoms with Crippen molar-refractivity contribution in [3.63, 3.8) is 0 Å². The first kappa shape index (κ1) is 16.8. The van der Waals surface area contributed by atoms with E-state index in [2.05, 4.69) is 4.98 Å². The molecule has 2 aromatic carbocycles. The maximum Gasteiger partial charge on any atom is 0.341 e. The molecule has 5 nitrogen and oxygen atoms in total. The number of ether oxygens (including phenoxy) is 1. The lowest BCUT2D eigenvalue weighted by molar-refractivity contribution is -0.139. The molecule has 0 bridgehead atoms. The van der Waals surface area contributed by atoms with Crippen molar-refractivity contribution >= 4 is 22.8 Å². The van der Waals surface area contributed by atoms with Crippen molar-refractivity contribution in [1.82, 2.24) is 9.88 Å². The molecule has 1 N–H and O–H groups in total. The molecular weight excluding hydrogens is 316 g/mol. The third-order valence-corrected chi connectivity index (χ3v) is 4.08. The second kappa shape index (κ2) is 7.21. The number of nitrogens with zero attached hydrogens (tertiary/aromatic N) is 1. The van der Waals surface area contributed by atoms with Gasteiger partial charge >= 0.3 is 5.97 Å². The number of aromatic nitrogens is 1. The maximum absolute atomic E-state index is 12.5. The number of amides is 1. The summed E-state index contributed by atoms with van der Waals surface area (Å²) in [4.78, 5) is 29.4. The lowest BCUT2D eigenvalue weighted by atomic mass is 10.2. The molecule has 0 unspecified atom stereocenters. The zero-order valence-corrected chi connectivity index (χ0v) is 14.2. The molecule has 0 aliphatic heterocycles. The number of hydrogen-bond acceptors (Lipinski definition) is 3. The molecule has 3 rings (SSSR count). The van der Waals surface area contributed by atoms with Crippen LogP contribution in [0.1, 0.15) is 22.8 Å². The van der Waals surface area contributed by atoms with Gasteiger partial charge in [-0.1, -0.05) is 48.5 Å². The van der Waals surface area contributed by atoms with E-state index in [1.807, 2.05) is 54.6 Å². The molecule has 0 radical (unpaired) electrons. The van der Waals surface area contributed by atoms with E-state index in [9.17, 15) is 9.59 Å². The molecule has 1 aromatic heterocycles. The van der Waals surface area contributed by atoms with Gasteiger partial charge in [-0.2, -0.15) is 0 Å². The first-order valence-corrected chi connectivity index (χ1v) is 8.12. The number of aromatic amines is 1. The van der Waals surface area contributed by atoms with Crippen LogP contribution in [0.2, 0.25) is 0 Å². The second-order valence-electron chi connectivity index (χ2n) is 5.98. The van der Waals surface area contributed by atoms with Crippen LogP contribution in [-0.4, -0.2) is 34.9 Å². The lowest BCUT2D eigenvalue weighted by Gasteiger charge is -2.21. The summed E-state index contributed by atoms with van der Waals surface area (Å²) >= 11 is 0. The molecule has 3 aromatic rings. The molecule has 1 atom stereocenters. The number of benzene rings is 2. The fraction of sp³-hybridized carbons (Fsp3) is 0.200. The first-order valence-electron chi connectivity index (χ1n) is 8.12. The van der Waals surface area contributed by atoms with Gasteiger partial charge in [0.15, 0.2) is 6.10 Å². The van der Waals surface area contributed by atoms with Gasteiger partial charge in [-0.15, -0.1) is 0 Å². The van der Waals surface area contributed by atoms with Gasteiger partial charge in [0.1, 0.15) is 0 Å². The molecule has 0 fully saturated rings. The average Bonchev–Trinajstić information content (AvgIpc) is 3.06. The predicted octanol–water partition coefficient (Wildman–Crippen LogP) is 3.37. The van der Waals surface area contributed by atoms with Gasteiger partial charge in [0.2, 0.25) is 0 Å². The molecule has 0 aliphatic rings. The van der Waals surface area contributed by atoms with E-state index < -0.39 is 12.1 Å². The summed E-state index contributed by atoms with van der Waals surface area (Å²) in [6.45, 7) is 2.06. The summed E-state index contributed by atoms with van der Waals surface area (Å²) in [7, 11) is 1.70. The minimum atomic E-state index is -0.852. The Bertz CT molecular complexity index is 886. The average molecular weight is 336 g/mol. The molecule has 1 heterocycles. The third-order valence-electron chi connectivity index (χ3n) is 4.08. The van der Waals surface area contributed by atoms with Crippen molar-refractivity contribution in [1.29, 1.82) is 0 Å². The fourth-order valence-electron chi connectivity index (χ4n) is 2.76. The topological polar surface area (TPSA) is 62.4 Å². The van der Waals surface area contributed by atoms with Crippen molar-refractivity contribution < 1.29 is 14.3 Å². The fourth-order valence-corrected chi connectivity index (χ4v) is 2.76. The normalized spacial score (nSPS) is 11.9. The largest absolute Gasteiger partial charge is 0.449 e. The Hall–Kier alpha value is -3.08. The van der Waals surface area contributed by atoms with Crippen LogP contribution < -0.4 is 0 Å². The number of likely N-dealkylation sites (N-methyl/N-ethyl adjacent to an activating group) is 1. The number of carbonyl (C=O) groups excluding carboxylic acids is 2. The van der Waals surface area contributed by atoms with E-state index in [1.54, 1.807) is 25.1 Å². The Morgan fingerprint density at radius 3 is 2.52 bits per heavy atom. The zero-order chi connectivity index (χ0) is 17.8. The van der Waals surface area contributed by atoms with Crippen molar-refractivity contribution in [3.8, 4) is 0 Å². The Balaban J connectivity index is 1.65. The number of nitrogens with one attached hydrogen (secondary N) is 1. The highest BCUT2D eigenvalue weighted by Crippen LogP contribution is 2.19. The number of hydrogen-bond donors (Lipinski definition) is 1. The maximum atomic E-state index is 12.5. The van der Waals surface area contributed by atoms with E-state index in [4.69, 9.17) is 4.74 Å². The van der Waals surface area contributed by atoms with Crippen molar-refractivity contribution in [2.45, 2.75) is 19.6 Å². The Labute approximate surface area is 146 Å². The molecule has 25 heavy (non-hydrogen) atoms. The lowest BCUT2D eigenvalue weighted by Crippen LogP contribution is -2.37. The van der Waals surface area contributed by atoms with E-state index >= 15 is 0 Å². The summed E-state index contributed by atoms with van der Waals surface area (Å²) in [5, 5.41) is 0.782. The minimum absolute atomic E-state index is 0.239. The highest BCUT2D eigenvalue weighted by molar-refractivity contribution is 6.04. The predicted molar refractivity (Wildman–Crippen MR) is 96.1 cm³/mol. The van der Waals surface area contributed by atoms with E-state index in [0.717, 1.165) is 16.5 Å². The first-order chi connectivity index (χ1) is 12.1. The van der Waals surface area contributed by atoms with Crippen molar-refractivity contribution in [3.05, 3.63) is 71.9 Å². The molecule has 5 heteroatoms. The quantitative estimate of drug-likeness (QED) is 0.727. The van der Waals surface area contributed by atoms with Crippen LogP contribution in [0.3, 0.4) is 0 Å². The standard InChI is InChI=1S/C20H20N2O3/c1-14(19(23)22(2)13-15-8-4-3-5-9-15)25-20(24)17-12-21-18-11-7-6-10-16(17)18/h3-12,14,21H,13H2,1-2H3/t14-/m0/s1. The number of esters is 1. The number of para-hydroxylation sites is 1. The number of H-pyrrole nitrogens is 1. The highest BCUT2D eigenvalue weighted by Gasteiger charge is 2.23. The van der Waals surface area contributed by atoms with Gasteiger partial charge in [-0.05, 0) is 18.6 Å². The van der Waals surface area contributed by atoms with E-state index in [1.165, 1.54) is 0 Å². The Kier molecular flexibility index (Phi) is 4.84. The van der Waals surface area contributed by atoms with Crippen molar-refractivity contribution in [2.24, 2.45) is 0 Å². The van der Waals surface area contributed by atoms with Gasteiger partial charge in [0.25, 0.3) is 5.91 Å². The van der Waals surface area contributed by atoms with Gasteiger partial charge in [0.05, 0.1) is 5.56 Å². The van der Waals surface area contributed by atoms with Crippen LogP contribution in [0.4, 0.5) is 0 Å². The Morgan fingerprint density at radius 1 is 1.08 bits per heavy atom. The number of fused-ring (bicyclic) bond motifs is 1. The molecule has 0 spiro atoms. The van der Waals surface area contributed by atoms with Gasteiger partial charge in [-0.3, -0.25) is 4.79 Å². The van der Waals surface area contributed by atoms with Crippen LogP contribution >= 0.6 is 0 Å². The smallest absolute Gasteiger partial charge is 0.341 e. The molecule has 0 aliphatic carbocycles. The molecule has 1 amide bonds. The van der Waals surface area contributed by atoms with Gasteiger partial charge < -0.3 is 14.6 Å². The van der Waals surface area contributed by atoms with Crippen LogP contribution in [0, 0.1) is 0 Å². The highest BCUT2D eigenvalue weighted by atomic mass is 16.5. The van der Waals surface area contributed by atoms with Crippen LogP contribution in [0.5, 0.6) is 0 Å². The summed E-state index contributed by atoms with van der Waals surface area (Å²) < 4.78 is 5.37. The molecule has 128 valence electrons. The van der Waals surface area contributed by atoms with E-state index in [0.29, 0.717) is 12.1 Å². The minimum Gasteiger partial charge on any atom is -0.449 e. The number of rotatable bonds is 5. The van der Waals surface area contributed by atoms with Gasteiger partial charge in [0, 0.05) is 30.7 Å². The van der Waals surface area contributed by atoms with Crippen LogP contribution in [0.25, 0.3) is 10.9 Å². The Morgan fingerprint density at radius 2 is 1.76 bits per heavy atom.